The molecule has 16 nitrogen and oxygen atoms in total. The lowest BCUT2D eigenvalue weighted by Gasteiger charge is -2.34. The molecule has 0 radical (unpaired) electrons. The summed E-state index contributed by atoms with van der Waals surface area (Å²) >= 11 is 0. The lowest BCUT2D eigenvalue weighted by molar-refractivity contribution is 0.469. The monoisotopic (exact) mass is 1130 g/mol. The molecule has 0 atom stereocenters. The van der Waals surface area contributed by atoms with Crippen LogP contribution in [0.25, 0.3) is 21.9 Å². The molecule has 86 heavy (non-hydrogen) atoms. The van der Waals surface area contributed by atoms with E-state index in [0.29, 0.717) is 85.7 Å². The fourth-order valence-electron chi connectivity index (χ4n) is 9.33. The van der Waals surface area contributed by atoms with Crippen LogP contribution in [0.15, 0.2) is 279 Å². The van der Waals surface area contributed by atoms with Crippen molar-refractivity contribution in [2.24, 2.45) is 0 Å². The first-order chi connectivity index (χ1) is 42.1. The lowest BCUT2D eigenvalue weighted by atomic mass is 10.1. The summed E-state index contributed by atoms with van der Waals surface area (Å²) in [5, 5.41) is 47.0. The van der Waals surface area contributed by atoms with Gasteiger partial charge < -0.3 is 72.1 Å². The van der Waals surface area contributed by atoms with Crippen molar-refractivity contribution in [1.29, 1.82) is 0 Å². The predicted octanol–water partition coefficient (Wildman–Crippen LogP) is 18.6. The highest BCUT2D eigenvalue weighted by Gasteiger charge is 2.14. The van der Waals surface area contributed by atoms with Crippen molar-refractivity contribution in [3.8, 4) is 57.1 Å². The average molecular weight is 1130 g/mol. The predicted molar refractivity (Wildman–Crippen MR) is 347 cm³/mol. The van der Waals surface area contributed by atoms with Crippen molar-refractivity contribution in [3.05, 3.63) is 295 Å². The van der Waals surface area contributed by atoms with E-state index in [2.05, 4.69) is 21.7 Å². The maximum atomic E-state index is 14.6. The van der Waals surface area contributed by atoms with E-state index < -0.39 is 0 Å². The summed E-state index contributed by atoms with van der Waals surface area (Å²) in [5.74, 6) is 4.88. The molecule has 424 valence electrons. The van der Waals surface area contributed by atoms with Gasteiger partial charge in [-0.1, -0.05) is 91.0 Å². The third kappa shape index (κ3) is 13.1. The molecule has 8 N–H and O–H groups in total. The Balaban J connectivity index is 0.752. The smallest absolute Gasteiger partial charge is 0.128 e. The summed E-state index contributed by atoms with van der Waals surface area (Å²) in [7, 11) is 0. The first-order valence-electron chi connectivity index (χ1n) is 27.3. The largest absolute Gasteiger partial charge is 0.754 e. The van der Waals surface area contributed by atoms with Gasteiger partial charge >= 0.3 is 0 Å². The summed E-state index contributed by atoms with van der Waals surface area (Å²) in [6, 6.07) is 83.6. The highest BCUT2D eigenvalue weighted by molar-refractivity contribution is 5.86. The summed E-state index contributed by atoms with van der Waals surface area (Å²) < 4.78 is 24.3. The minimum Gasteiger partial charge on any atom is -0.754 e. The molecule has 12 aromatic rings. The first-order valence-corrected chi connectivity index (χ1v) is 27.3. The SMILES string of the molecule is Nc1ccc(NNc2ccc(NNc3ccc(N)c(N([O-])c4ccc(Oc5ccc6ccccc6c5)cc4)c3)c(N([O-])c3ccc(Oc4ccc(-c5ccccc5)cc4)cc3)c2)c(N([O-])c2ccc(Oc3ccc(Oc4ccccc4)cc3)cc2)c1. The molecule has 0 aliphatic carbocycles. The molecule has 0 fully saturated rings. The molecule has 0 amide bonds. The van der Waals surface area contributed by atoms with Gasteiger partial charge in [-0.3, -0.25) is 10.9 Å². The molecule has 0 spiro atoms. The molecular formula is C70H54N9O7-3. The van der Waals surface area contributed by atoms with E-state index in [9.17, 15) is 15.6 Å². The Labute approximate surface area is 495 Å². The van der Waals surface area contributed by atoms with E-state index >= 15 is 0 Å². The number of hydrogen-bond donors (Lipinski definition) is 6. The number of ether oxygens (including phenoxy) is 4. The Hall–Kier alpha value is -11.8. The average Bonchev–Trinajstić information content (AvgIpc) is 3.56. The van der Waals surface area contributed by atoms with E-state index in [1.54, 1.807) is 140 Å². The Kier molecular flexibility index (Phi) is 16.0. The van der Waals surface area contributed by atoms with Gasteiger partial charge in [-0.25, -0.2) is 0 Å². The van der Waals surface area contributed by atoms with Gasteiger partial charge in [-0.15, -0.1) is 0 Å². The minimum atomic E-state index is 0.184. The summed E-state index contributed by atoms with van der Waals surface area (Å²) in [6.45, 7) is 0. The Bertz CT molecular complexity index is 4240. The Morgan fingerprint density at radius 3 is 1.19 bits per heavy atom. The van der Waals surface area contributed by atoms with E-state index in [1.165, 1.54) is 0 Å². The standard InChI is InChI=1S/C70H54N9O7/c71-51-18-41-66(69(44-51)78(81)55-23-30-60(31-24-55)85-63-38-36-62(37-39-63)83-57-13-5-2-6-14-57)75-74-53-20-42-67(70(46-53)79(82)56-25-32-59(33-26-56)84-58-27-15-49(16-28-58)47-9-3-1-4-10-47)76-73-52-19-40-65(72)68(45-52)77(80)54-21-34-61(35-22-54)86-64-29-17-48-11-7-8-12-50(48)43-64/h1-46,73-76H,71-72H2/q-3. The van der Waals surface area contributed by atoms with Gasteiger partial charge in [0.25, 0.3) is 0 Å². The van der Waals surface area contributed by atoms with Gasteiger partial charge in [0.1, 0.15) is 46.0 Å². The van der Waals surface area contributed by atoms with Gasteiger partial charge in [-0.2, -0.15) is 0 Å². The highest BCUT2D eigenvalue weighted by atomic mass is 16.5. The lowest BCUT2D eigenvalue weighted by Crippen LogP contribution is -2.17. The summed E-state index contributed by atoms with van der Waals surface area (Å²) in [4.78, 5) is 0. The second-order valence-electron chi connectivity index (χ2n) is 19.7. The van der Waals surface area contributed by atoms with Crippen LogP contribution in [0, 0.1) is 15.6 Å². The second kappa shape index (κ2) is 25.1. The molecule has 0 aliphatic rings. The van der Waals surface area contributed by atoms with Crippen LogP contribution in [0.4, 0.5) is 68.2 Å². The third-order valence-electron chi connectivity index (χ3n) is 13.8. The number of rotatable bonds is 21. The molecule has 0 aromatic heterocycles. The molecular weight excluding hydrogens is 1080 g/mol. The first kappa shape index (κ1) is 54.8. The fraction of sp³-hybridized carbons (Fsp3) is 0. The molecule has 16 heteroatoms. The van der Waals surface area contributed by atoms with Crippen LogP contribution < -0.4 is 67.3 Å². The molecule has 0 aliphatic heterocycles. The van der Waals surface area contributed by atoms with Crippen LogP contribution in [0.1, 0.15) is 0 Å². The number of nitrogens with zero attached hydrogens (tertiary/aromatic N) is 3. The number of fused-ring (bicyclic) bond motifs is 1. The van der Waals surface area contributed by atoms with Crippen LogP contribution in [0.2, 0.25) is 0 Å². The number of para-hydroxylation sites is 1. The van der Waals surface area contributed by atoms with E-state index in [0.717, 1.165) is 42.8 Å². The van der Waals surface area contributed by atoms with Gasteiger partial charge in [0.15, 0.2) is 0 Å². The Morgan fingerprint density at radius 1 is 0.279 bits per heavy atom. The van der Waals surface area contributed by atoms with Crippen molar-refractivity contribution in [2.45, 2.75) is 0 Å². The number of hydrogen-bond acceptors (Lipinski definition) is 16. The fourth-order valence-corrected chi connectivity index (χ4v) is 9.33. The Morgan fingerprint density at radius 2 is 0.651 bits per heavy atom. The number of hydrazine groups is 2. The van der Waals surface area contributed by atoms with Gasteiger partial charge in [0, 0.05) is 22.7 Å². The minimum absolute atomic E-state index is 0.184. The normalized spacial score (nSPS) is 10.8. The number of nitrogen functional groups attached to an aromatic ring is 2. The second-order valence-corrected chi connectivity index (χ2v) is 19.7. The van der Waals surface area contributed by atoms with E-state index in [1.807, 2.05) is 140 Å². The van der Waals surface area contributed by atoms with Crippen LogP contribution in [-0.4, -0.2) is 0 Å². The number of benzene rings is 12. The van der Waals surface area contributed by atoms with Crippen molar-refractivity contribution >= 4 is 79.0 Å². The number of anilines is 12. The van der Waals surface area contributed by atoms with Crippen LogP contribution in [0.3, 0.4) is 0 Å². The molecule has 12 aromatic carbocycles. The zero-order valence-electron chi connectivity index (χ0n) is 45.9. The maximum Gasteiger partial charge on any atom is 0.128 e. The van der Waals surface area contributed by atoms with Crippen LogP contribution >= 0.6 is 0 Å². The van der Waals surface area contributed by atoms with Crippen LogP contribution in [-0.2, 0) is 0 Å². The van der Waals surface area contributed by atoms with Gasteiger partial charge in [0.05, 0.1) is 45.5 Å². The van der Waals surface area contributed by atoms with E-state index in [-0.39, 0.29) is 22.7 Å². The quantitative estimate of drug-likeness (QED) is 0.0291. The third-order valence-corrected chi connectivity index (χ3v) is 13.8. The van der Waals surface area contributed by atoms with Crippen molar-refractivity contribution < 1.29 is 18.9 Å². The molecule has 0 bridgehead atoms. The van der Waals surface area contributed by atoms with Crippen LogP contribution in [0.5, 0.6) is 46.0 Å². The molecule has 0 saturated carbocycles. The zero-order chi connectivity index (χ0) is 58.8. The summed E-state index contributed by atoms with van der Waals surface area (Å²) in [5.41, 5.74) is 31.2. The van der Waals surface area contributed by atoms with Crippen molar-refractivity contribution in [2.75, 3.05) is 48.4 Å². The van der Waals surface area contributed by atoms with Gasteiger partial charge in [-0.05, 0) is 210 Å². The maximum absolute atomic E-state index is 14.6. The molecule has 0 heterocycles. The van der Waals surface area contributed by atoms with Crippen molar-refractivity contribution in [3.63, 3.8) is 0 Å². The molecule has 12 rings (SSSR count). The number of nitrogens with one attached hydrogen (secondary N) is 4. The molecule has 0 saturated heterocycles. The van der Waals surface area contributed by atoms with Crippen molar-refractivity contribution in [1.82, 2.24) is 0 Å². The zero-order valence-corrected chi connectivity index (χ0v) is 45.9. The molecule has 0 unspecified atom stereocenters. The van der Waals surface area contributed by atoms with Gasteiger partial charge in [0.2, 0.25) is 0 Å². The van der Waals surface area contributed by atoms with E-state index in [4.69, 9.17) is 30.4 Å². The summed E-state index contributed by atoms with van der Waals surface area (Å²) in [6.07, 6.45) is 0. The number of nitrogens with two attached hydrogens (primary N) is 2. The topological polar surface area (TPSA) is 216 Å². The highest BCUT2D eigenvalue weighted by Crippen LogP contribution is 2.40.